The minimum atomic E-state index is 0.548. The van der Waals surface area contributed by atoms with Crippen LogP contribution in [0, 0.1) is 0 Å². The maximum absolute atomic E-state index is 3.80. The van der Waals surface area contributed by atoms with Gasteiger partial charge in [-0.1, -0.05) is 49.8 Å². The molecule has 2 rings (SSSR count). The molecule has 1 unspecified atom stereocenters. The van der Waals surface area contributed by atoms with Crippen LogP contribution >= 0.6 is 0 Å². The minimum absolute atomic E-state index is 0.548. The zero-order valence-electron chi connectivity index (χ0n) is 10.9. The maximum Gasteiger partial charge on any atom is 0.0319 e. The van der Waals surface area contributed by atoms with Gasteiger partial charge in [-0.2, -0.15) is 0 Å². The first-order valence-corrected chi connectivity index (χ1v) is 6.77. The van der Waals surface area contributed by atoms with E-state index in [1.165, 1.54) is 49.9 Å². The van der Waals surface area contributed by atoms with Crippen LogP contribution in [0.15, 0.2) is 30.8 Å². The summed E-state index contributed by atoms with van der Waals surface area (Å²) < 4.78 is 0. The molecule has 92 valence electrons. The summed E-state index contributed by atoms with van der Waals surface area (Å²) in [5.41, 5.74) is 2.63. The minimum Gasteiger partial charge on any atom is -0.297 e. The molecule has 0 N–H and O–H groups in total. The van der Waals surface area contributed by atoms with E-state index in [0.29, 0.717) is 6.04 Å². The van der Waals surface area contributed by atoms with Gasteiger partial charge in [0.15, 0.2) is 0 Å². The second-order valence-electron chi connectivity index (χ2n) is 5.00. The molecule has 0 spiro atoms. The Balaban J connectivity index is 2.06. The second kappa shape index (κ2) is 6.02. The summed E-state index contributed by atoms with van der Waals surface area (Å²) >= 11 is 0. The molecule has 0 radical (unpaired) electrons. The molecule has 0 saturated carbocycles. The van der Waals surface area contributed by atoms with E-state index in [2.05, 4.69) is 42.7 Å². The third-order valence-corrected chi connectivity index (χ3v) is 3.84. The molecule has 1 nitrogen and oxygen atoms in total. The molecule has 1 atom stereocenters. The first-order chi connectivity index (χ1) is 8.31. The molecule has 1 aliphatic heterocycles. The predicted octanol–water partition coefficient (Wildman–Crippen LogP) is 4.27. The summed E-state index contributed by atoms with van der Waals surface area (Å²) in [4.78, 5) is 2.62. The first kappa shape index (κ1) is 12.4. The fourth-order valence-electron chi connectivity index (χ4n) is 2.60. The van der Waals surface area contributed by atoms with Crippen molar-refractivity contribution in [1.29, 1.82) is 0 Å². The number of rotatable bonds is 3. The van der Waals surface area contributed by atoms with Crippen molar-refractivity contribution in [3.8, 4) is 0 Å². The summed E-state index contributed by atoms with van der Waals surface area (Å²) in [7, 11) is 0. The lowest BCUT2D eigenvalue weighted by molar-refractivity contribution is 0.219. The lowest BCUT2D eigenvalue weighted by Crippen LogP contribution is -2.27. The van der Waals surface area contributed by atoms with Gasteiger partial charge in [-0.05, 0) is 44.0 Å². The number of likely N-dealkylation sites (tertiary alicyclic amines) is 1. The molecule has 1 aliphatic rings. The number of benzene rings is 1. The lowest BCUT2D eigenvalue weighted by atomic mass is 10.0. The Morgan fingerprint density at radius 2 is 1.65 bits per heavy atom. The van der Waals surface area contributed by atoms with Gasteiger partial charge in [0, 0.05) is 6.04 Å². The SMILES string of the molecule is C=Cc1ccc(C(C)N2CCCCCC2)cc1. The van der Waals surface area contributed by atoms with Crippen LogP contribution in [0.25, 0.3) is 6.08 Å². The lowest BCUT2D eigenvalue weighted by Gasteiger charge is -2.28. The third kappa shape index (κ3) is 3.19. The molecule has 1 aromatic carbocycles. The fourth-order valence-corrected chi connectivity index (χ4v) is 2.60. The molecule has 1 aromatic rings. The van der Waals surface area contributed by atoms with E-state index >= 15 is 0 Å². The Kier molecular flexibility index (Phi) is 4.38. The topological polar surface area (TPSA) is 3.24 Å². The van der Waals surface area contributed by atoms with E-state index in [-0.39, 0.29) is 0 Å². The smallest absolute Gasteiger partial charge is 0.0319 e. The van der Waals surface area contributed by atoms with Crippen molar-refractivity contribution >= 4 is 6.08 Å². The van der Waals surface area contributed by atoms with Crippen LogP contribution in [0.4, 0.5) is 0 Å². The van der Waals surface area contributed by atoms with Gasteiger partial charge in [-0.25, -0.2) is 0 Å². The van der Waals surface area contributed by atoms with Crippen molar-refractivity contribution in [3.63, 3.8) is 0 Å². The van der Waals surface area contributed by atoms with Gasteiger partial charge in [-0.3, -0.25) is 4.90 Å². The highest BCUT2D eigenvalue weighted by Crippen LogP contribution is 2.24. The number of nitrogens with zero attached hydrogens (tertiary/aromatic N) is 1. The van der Waals surface area contributed by atoms with Gasteiger partial charge in [-0.15, -0.1) is 0 Å². The average molecular weight is 229 g/mol. The number of hydrogen-bond donors (Lipinski definition) is 0. The van der Waals surface area contributed by atoms with Crippen molar-refractivity contribution in [3.05, 3.63) is 42.0 Å². The van der Waals surface area contributed by atoms with Gasteiger partial charge in [0.05, 0.1) is 0 Å². The highest BCUT2D eigenvalue weighted by atomic mass is 15.1. The third-order valence-electron chi connectivity index (χ3n) is 3.84. The quantitative estimate of drug-likeness (QED) is 0.748. The van der Waals surface area contributed by atoms with Crippen LogP contribution in [0.1, 0.15) is 49.8 Å². The van der Waals surface area contributed by atoms with Gasteiger partial charge < -0.3 is 0 Å². The summed E-state index contributed by atoms with van der Waals surface area (Å²) in [6.45, 7) is 8.63. The van der Waals surface area contributed by atoms with Crippen LogP contribution in [0.3, 0.4) is 0 Å². The zero-order chi connectivity index (χ0) is 12.1. The van der Waals surface area contributed by atoms with E-state index in [1.807, 2.05) is 6.08 Å². The molecule has 0 aliphatic carbocycles. The summed E-state index contributed by atoms with van der Waals surface area (Å²) in [5, 5.41) is 0. The Morgan fingerprint density at radius 1 is 1.06 bits per heavy atom. The van der Waals surface area contributed by atoms with Gasteiger partial charge in [0.2, 0.25) is 0 Å². The molecule has 1 fully saturated rings. The van der Waals surface area contributed by atoms with Crippen molar-refractivity contribution in [2.45, 2.75) is 38.6 Å². The van der Waals surface area contributed by atoms with E-state index in [1.54, 1.807) is 0 Å². The van der Waals surface area contributed by atoms with E-state index in [4.69, 9.17) is 0 Å². The molecule has 1 heteroatoms. The highest BCUT2D eigenvalue weighted by molar-refractivity contribution is 5.47. The van der Waals surface area contributed by atoms with Crippen LogP contribution in [-0.2, 0) is 0 Å². The van der Waals surface area contributed by atoms with Gasteiger partial charge in [0.25, 0.3) is 0 Å². The van der Waals surface area contributed by atoms with Crippen molar-refractivity contribution in [1.82, 2.24) is 4.90 Å². The van der Waals surface area contributed by atoms with Crippen molar-refractivity contribution in [2.75, 3.05) is 13.1 Å². The first-order valence-electron chi connectivity index (χ1n) is 6.77. The van der Waals surface area contributed by atoms with Crippen LogP contribution in [-0.4, -0.2) is 18.0 Å². The van der Waals surface area contributed by atoms with E-state index in [0.717, 1.165) is 0 Å². The van der Waals surface area contributed by atoms with Crippen LogP contribution < -0.4 is 0 Å². The Bertz CT molecular complexity index is 344. The monoisotopic (exact) mass is 229 g/mol. The Morgan fingerprint density at radius 3 is 2.18 bits per heavy atom. The maximum atomic E-state index is 3.80. The summed E-state index contributed by atoms with van der Waals surface area (Å²) in [6, 6.07) is 9.36. The molecule has 0 aromatic heterocycles. The molecule has 17 heavy (non-hydrogen) atoms. The largest absolute Gasteiger partial charge is 0.297 e. The average Bonchev–Trinajstić information content (AvgIpc) is 2.67. The Hall–Kier alpha value is -1.08. The van der Waals surface area contributed by atoms with Crippen molar-refractivity contribution < 1.29 is 0 Å². The van der Waals surface area contributed by atoms with Crippen LogP contribution in [0.2, 0.25) is 0 Å². The molecule has 1 heterocycles. The molecule has 0 amide bonds. The molecular formula is C16H23N. The standard InChI is InChI=1S/C16H23N/c1-3-15-8-10-16(11-9-15)14(2)17-12-6-4-5-7-13-17/h3,8-11,14H,1,4-7,12-13H2,2H3. The summed E-state index contributed by atoms with van der Waals surface area (Å²) in [5.74, 6) is 0. The second-order valence-corrected chi connectivity index (χ2v) is 5.00. The summed E-state index contributed by atoms with van der Waals surface area (Å²) in [6.07, 6.45) is 7.42. The highest BCUT2D eigenvalue weighted by Gasteiger charge is 2.16. The number of hydrogen-bond acceptors (Lipinski definition) is 1. The van der Waals surface area contributed by atoms with E-state index in [9.17, 15) is 0 Å². The zero-order valence-corrected chi connectivity index (χ0v) is 10.9. The van der Waals surface area contributed by atoms with Crippen molar-refractivity contribution in [2.24, 2.45) is 0 Å². The van der Waals surface area contributed by atoms with E-state index < -0.39 is 0 Å². The van der Waals surface area contributed by atoms with Crippen LogP contribution in [0.5, 0.6) is 0 Å². The van der Waals surface area contributed by atoms with Gasteiger partial charge >= 0.3 is 0 Å². The van der Waals surface area contributed by atoms with Gasteiger partial charge in [0.1, 0.15) is 0 Å². The molecular weight excluding hydrogens is 206 g/mol. The fraction of sp³-hybridized carbons (Fsp3) is 0.500. The Labute approximate surface area is 105 Å². The molecule has 1 saturated heterocycles. The normalized spacial score (nSPS) is 19.6. The predicted molar refractivity (Wildman–Crippen MR) is 75.0 cm³/mol. The molecule has 0 bridgehead atoms.